The molecule has 0 amide bonds. The van der Waals surface area contributed by atoms with Crippen molar-refractivity contribution in [2.24, 2.45) is 0 Å². The van der Waals surface area contributed by atoms with Gasteiger partial charge in [-0.1, -0.05) is 54.1 Å². The van der Waals surface area contributed by atoms with Crippen LogP contribution in [0, 0.1) is 0 Å². The average Bonchev–Trinajstić information content (AvgIpc) is 3.09. The van der Waals surface area contributed by atoms with E-state index in [1.807, 2.05) is 6.07 Å². The van der Waals surface area contributed by atoms with Crippen LogP contribution in [0.15, 0.2) is 71.1 Å². The maximum absolute atomic E-state index is 13.2. The predicted molar refractivity (Wildman–Crippen MR) is 99.2 cm³/mol. The summed E-state index contributed by atoms with van der Waals surface area (Å²) in [7, 11) is -3.85. The van der Waals surface area contributed by atoms with E-state index in [9.17, 15) is 13.2 Å². The van der Waals surface area contributed by atoms with Crippen molar-refractivity contribution in [3.05, 3.63) is 76.8 Å². The maximum atomic E-state index is 13.2. The Hall–Kier alpha value is -2.15. The third kappa shape index (κ3) is 3.53. The van der Waals surface area contributed by atoms with Crippen molar-refractivity contribution >= 4 is 27.6 Å². The standard InChI is InChI=1S/C19H18ClNO4S/c1-2-25-19(22)17-11-12-21(18(17)14-7-4-3-5-8-14)26(23,24)16-10-6-9-15(20)13-16/h3-11,13,18H,2,12H2,1H3. The van der Waals surface area contributed by atoms with E-state index in [1.54, 1.807) is 49.4 Å². The van der Waals surface area contributed by atoms with E-state index in [4.69, 9.17) is 16.3 Å². The van der Waals surface area contributed by atoms with Gasteiger partial charge in [-0.15, -0.1) is 0 Å². The fraction of sp³-hybridized carbons (Fsp3) is 0.211. The molecule has 0 bridgehead atoms. The number of nitrogens with zero attached hydrogens (tertiary/aromatic N) is 1. The summed E-state index contributed by atoms with van der Waals surface area (Å²) in [4.78, 5) is 12.4. The van der Waals surface area contributed by atoms with Gasteiger partial charge in [0.15, 0.2) is 0 Å². The molecular weight excluding hydrogens is 374 g/mol. The Morgan fingerprint density at radius 1 is 1.19 bits per heavy atom. The van der Waals surface area contributed by atoms with Crippen molar-refractivity contribution in [1.82, 2.24) is 4.31 Å². The van der Waals surface area contributed by atoms with E-state index in [2.05, 4.69) is 0 Å². The maximum Gasteiger partial charge on any atom is 0.335 e. The highest BCUT2D eigenvalue weighted by atomic mass is 35.5. The van der Waals surface area contributed by atoms with Gasteiger partial charge in [-0.25, -0.2) is 13.2 Å². The lowest BCUT2D eigenvalue weighted by Gasteiger charge is -2.26. The van der Waals surface area contributed by atoms with Crippen molar-refractivity contribution in [1.29, 1.82) is 0 Å². The molecule has 0 saturated heterocycles. The fourth-order valence-corrected chi connectivity index (χ4v) is 4.79. The molecule has 136 valence electrons. The Bertz CT molecular complexity index is 941. The summed E-state index contributed by atoms with van der Waals surface area (Å²) < 4.78 is 32.8. The van der Waals surface area contributed by atoms with Crippen LogP contribution in [0.25, 0.3) is 0 Å². The minimum absolute atomic E-state index is 0.0859. The Kier molecular flexibility index (Phi) is 5.46. The fourth-order valence-electron chi connectivity index (χ4n) is 2.95. The van der Waals surface area contributed by atoms with Gasteiger partial charge in [0.25, 0.3) is 0 Å². The van der Waals surface area contributed by atoms with Gasteiger partial charge >= 0.3 is 5.97 Å². The van der Waals surface area contributed by atoms with Crippen molar-refractivity contribution in [3.8, 4) is 0 Å². The van der Waals surface area contributed by atoms with E-state index >= 15 is 0 Å². The molecule has 0 N–H and O–H groups in total. The molecule has 2 aromatic carbocycles. The van der Waals surface area contributed by atoms with Crippen molar-refractivity contribution in [3.63, 3.8) is 0 Å². The van der Waals surface area contributed by atoms with Gasteiger partial charge in [-0.2, -0.15) is 4.31 Å². The van der Waals surface area contributed by atoms with Crippen LogP contribution >= 0.6 is 11.6 Å². The number of ether oxygens (including phenoxy) is 1. The van der Waals surface area contributed by atoms with Gasteiger partial charge in [0, 0.05) is 11.6 Å². The Morgan fingerprint density at radius 3 is 2.58 bits per heavy atom. The van der Waals surface area contributed by atoms with Crippen molar-refractivity contribution in [2.75, 3.05) is 13.2 Å². The lowest BCUT2D eigenvalue weighted by molar-refractivity contribution is -0.138. The number of carbonyl (C=O) groups is 1. The summed E-state index contributed by atoms with van der Waals surface area (Å²) in [6, 6.07) is 14.4. The molecule has 1 atom stereocenters. The van der Waals surface area contributed by atoms with Crippen molar-refractivity contribution in [2.45, 2.75) is 17.9 Å². The zero-order valence-corrected chi connectivity index (χ0v) is 15.7. The van der Waals surface area contributed by atoms with Gasteiger partial charge in [0.1, 0.15) is 0 Å². The lowest BCUT2D eigenvalue weighted by atomic mass is 10.0. The van der Waals surface area contributed by atoms with Crippen LogP contribution in [-0.4, -0.2) is 31.8 Å². The molecule has 0 aliphatic carbocycles. The highest BCUT2D eigenvalue weighted by molar-refractivity contribution is 7.89. The summed E-state index contributed by atoms with van der Waals surface area (Å²) in [5.74, 6) is -0.509. The van der Waals surface area contributed by atoms with E-state index < -0.39 is 22.0 Å². The SMILES string of the molecule is CCOC(=O)C1=CCN(S(=O)(=O)c2cccc(Cl)c2)C1c1ccccc1. The molecule has 1 heterocycles. The number of rotatable bonds is 5. The summed E-state index contributed by atoms with van der Waals surface area (Å²) >= 11 is 5.96. The lowest BCUT2D eigenvalue weighted by Crippen LogP contribution is -2.33. The third-order valence-electron chi connectivity index (χ3n) is 4.10. The largest absolute Gasteiger partial charge is 0.463 e. The number of halogens is 1. The summed E-state index contributed by atoms with van der Waals surface area (Å²) in [5.41, 5.74) is 1.03. The molecule has 1 unspecified atom stereocenters. The van der Waals surface area contributed by atoms with Crippen LogP contribution < -0.4 is 0 Å². The zero-order valence-electron chi connectivity index (χ0n) is 14.1. The van der Waals surface area contributed by atoms with E-state index in [-0.39, 0.29) is 18.0 Å². The topological polar surface area (TPSA) is 63.7 Å². The first-order valence-corrected chi connectivity index (χ1v) is 9.96. The van der Waals surface area contributed by atoms with Crippen LogP contribution in [-0.2, 0) is 19.6 Å². The second kappa shape index (κ2) is 7.61. The summed E-state index contributed by atoms with van der Waals surface area (Å²) in [6.45, 7) is 2.02. The second-order valence-corrected chi connectivity index (χ2v) is 8.05. The van der Waals surface area contributed by atoms with Gasteiger partial charge in [-0.05, 0) is 30.7 Å². The van der Waals surface area contributed by atoms with Crippen LogP contribution in [0.3, 0.4) is 0 Å². The molecule has 0 aromatic heterocycles. The van der Waals surface area contributed by atoms with Gasteiger partial charge in [0.05, 0.1) is 23.1 Å². The molecule has 1 aliphatic rings. The molecule has 0 radical (unpaired) electrons. The summed E-state index contributed by atoms with van der Waals surface area (Å²) in [6.07, 6.45) is 1.61. The number of benzene rings is 2. The van der Waals surface area contributed by atoms with Gasteiger partial charge in [-0.3, -0.25) is 0 Å². The number of sulfonamides is 1. The molecular formula is C19H18ClNO4S. The molecule has 0 spiro atoms. The Morgan fingerprint density at radius 2 is 1.92 bits per heavy atom. The first-order valence-electron chi connectivity index (χ1n) is 8.14. The molecule has 0 saturated carbocycles. The third-order valence-corrected chi connectivity index (χ3v) is 6.16. The molecule has 2 aromatic rings. The molecule has 7 heteroatoms. The normalized spacial score (nSPS) is 17.8. The van der Waals surface area contributed by atoms with Gasteiger partial charge in [0.2, 0.25) is 10.0 Å². The zero-order chi connectivity index (χ0) is 18.7. The minimum Gasteiger partial charge on any atom is -0.463 e. The minimum atomic E-state index is -3.85. The van der Waals surface area contributed by atoms with E-state index in [0.29, 0.717) is 16.2 Å². The quantitative estimate of drug-likeness (QED) is 0.731. The molecule has 5 nitrogen and oxygen atoms in total. The predicted octanol–water partition coefficient (Wildman–Crippen LogP) is 3.58. The van der Waals surface area contributed by atoms with Gasteiger partial charge < -0.3 is 4.74 Å². The molecule has 1 aliphatic heterocycles. The van der Waals surface area contributed by atoms with E-state index in [1.165, 1.54) is 16.4 Å². The summed E-state index contributed by atoms with van der Waals surface area (Å²) in [5, 5.41) is 0.333. The highest BCUT2D eigenvalue weighted by Gasteiger charge is 2.40. The first-order chi connectivity index (χ1) is 12.4. The number of esters is 1. The van der Waals surface area contributed by atoms with Crippen LogP contribution in [0.1, 0.15) is 18.5 Å². The monoisotopic (exact) mass is 391 g/mol. The first kappa shape index (κ1) is 18.6. The molecule has 3 rings (SSSR count). The Balaban J connectivity index is 2.05. The van der Waals surface area contributed by atoms with Crippen LogP contribution in [0.4, 0.5) is 0 Å². The molecule has 0 fully saturated rings. The Labute approximate surface area is 157 Å². The number of carbonyl (C=O) groups excluding carboxylic acids is 1. The van der Waals surface area contributed by atoms with E-state index in [0.717, 1.165) is 0 Å². The van der Waals surface area contributed by atoms with Crippen LogP contribution in [0.5, 0.6) is 0 Å². The average molecular weight is 392 g/mol. The molecule has 26 heavy (non-hydrogen) atoms. The number of hydrogen-bond acceptors (Lipinski definition) is 4. The van der Waals surface area contributed by atoms with Crippen LogP contribution in [0.2, 0.25) is 5.02 Å². The van der Waals surface area contributed by atoms with Crippen molar-refractivity contribution < 1.29 is 17.9 Å². The smallest absolute Gasteiger partial charge is 0.335 e. The number of hydrogen-bond donors (Lipinski definition) is 0. The second-order valence-electron chi connectivity index (χ2n) is 5.73. The highest BCUT2D eigenvalue weighted by Crippen LogP contribution is 2.38.